The average molecular weight is 505 g/mol. The van der Waals surface area contributed by atoms with E-state index in [9.17, 15) is 18.8 Å². The van der Waals surface area contributed by atoms with E-state index in [1.807, 2.05) is 0 Å². The van der Waals surface area contributed by atoms with Gasteiger partial charge in [0.2, 0.25) is 11.8 Å². The Hall–Kier alpha value is -3.84. The molecule has 2 aliphatic heterocycles. The lowest BCUT2D eigenvalue weighted by atomic mass is 10.1. The third kappa shape index (κ3) is 6.30. The average Bonchev–Trinajstić information content (AvgIpc) is 3.56. The fourth-order valence-electron chi connectivity index (χ4n) is 4.77. The zero-order valence-corrected chi connectivity index (χ0v) is 20.3. The second kappa shape index (κ2) is 11.0. The number of amides is 3. The summed E-state index contributed by atoms with van der Waals surface area (Å²) in [5.74, 6) is 5.62. The summed E-state index contributed by atoms with van der Waals surface area (Å²) >= 11 is 0. The summed E-state index contributed by atoms with van der Waals surface area (Å²) < 4.78 is 13.5. The summed E-state index contributed by atoms with van der Waals surface area (Å²) in [4.78, 5) is 47.9. The number of nitrogens with zero attached hydrogens (tertiary/aromatic N) is 3. The summed E-state index contributed by atoms with van der Waals surface area (Å²) in [7, 11) is 0. The van der Waals surface area contributed by atoms with Crippen LogP contribution in [0.3, 0.4) is 0 Å². The molecule has 2 aromatic rings. The molecule has 3 aliphatic rings. The fourth-order valence-corrected chi connectivity index (χ4v) is 4.77. The lowest BCUT2D eigenvalue weighted by Gasteiger charge is -2.25. The van der Waals surface area contributed by atoms with Crippen LogP contribution in [0.15, 0.2) is 43.0 Å². The second-order valence-corrected chi connectivity index (χ2v) is 9.82. The molecule has 5 rings (SSSR count). The number of halogens is 1. The Bertz CT molecular complexity index is 1210. The van der Waals surface area contributed by atoms with Crippen molar-refractivity contribution in [3.63, 3.8) is 0 Å². The van der Waals surface area contributed by atoms with E-state index in [1.165, 1.54) is 6.33 Å². The van der Waals surface area contributed by atoms with Crippen LogP contribution in [-0.2, 0) is 9.59 Å². The van der Waals surface area contributed by atoms with Gasteiger partial charge in [-0.15, -0.1) is 0 Å². The van der Waals surface area contributed by atoms with Crippen LogP contribution in [-0.4, -0.2) is 76.5 Å². The summed E-state index contributed by atoms with van der Waals surface area (Å²) in [6, 6.07) is 5.96. The number of carbonyl (C=O) groups excluding carboxylic acids is 3. The molecular formula is C27H29FN6O3. The van der Waals surface area contributed by atoms with Gasteiger partial charge in [0.25, 0.3) is 5.91 Å². The quantitative estimate of drug-likeness (QED) is 0.502. The molecule has 3 heterocycles. The number of aromatic nitrogens is 2. The van der Waals surface area contributed by atoms with Crippen molar-refractivity contribution < 1.29 is 18.8 Å². The molecule has 3 N–H and O–H groups in total. The Morgan fingerprint density at radius 3 is 2.46 bits per heavy atom. The van der Waals surface area contributed by atoms with E-state index in [0.29, 0.717) is 24.1 Å². The van der Waals surface area contributed by atoms with E-state index in [-0.39, 0.29) is 55.2 Å². The number of benzene rings is 1. The van der Waals surface area contributed by atoms with Gasteiger partial charge in [0.15, 0.2) is 0 Å². The van der Waals surface area contributed by atoms with Gasteiger partial charge in [-0.1, -0.05) is 11.8 Å². The molecule has 3 amide bonds. The van der Waals surface area contributed by atoms with E-state index in [0.717, 1.165) is 18.4 Å². The van der Waals surface area contributed by atoms with Crippen molar-refractivity contribution in [3.05, 3.63) is 59.7 Å². The molecule has 1 aliphatic carbocycles. The topological polar surface area (TPSA) is 116 Å². The first-order chi connectivity index (χ1) is 18.0. The van der Waals surface area contributed by atoms with Crippen molar-refractivity contribution in [3.8, 4) is 11.8 Å². The van der Waals surface area contributed by atoms with Gasteiger partial charge in [0.05, 0.1) is 17.6 Å². The van der Waals surface area contributed by atoms with Gasteiger partial charge < -0.3 is 20.9 Å². The number of hydrogen-bond acceptors (Lipinski definition) is 6. The van der Waals surface area contributed by atoms with E-state index < -0.39 is 12.2 Å². The van der Waals surface area contributed by atoms with Crippen LogP contribution in [0.1, 0.15) is 47.2 Å². The highest BCUT2D eigenvalue weighted by Gasteiger charge is 2.42. The minimum absolute atomic E-state index is 0.0348. The SMILES string of the molecule is O=C(NC[C@H]1C[C@@H](NC(=O)[C@@H]2C[C@H](F)CN2)CN1C(=O)C1CC1)c1ccc(C#Cc2cncnc2)cc1. The molecule has 9 nitrogen and oxygen atoms in total. The van der Waals surface area contributed by atoms with Gasteiger partial charge in [0.1, 0.15) is 12.5 Å². The van der Waals surface area contributed by atoms with Crippen LogP contribution < -0.4 is 16.0 Å². The van der Waals surface area contributed by atoms with Crippen LogP contribution in [0.5, 0.6) is 0 Å². The number of alkyl halides is 1. The van der Waals surface area contributed by atoms with Crippen LogP contribution in [0, 0.1) is 17.8 Å². The summed E-state index contributed by atoms with van der Waals surface area (Å²) in [6.45, 7) is 0.861. The summed E-state index contributed by atoms with van der Waals surface area (Å²) in [5, 5.41) is 8.80. The molecule has 0 spiro atoms. The Labute approximate surface area is 214 Å². The Kier molecular flexibility index (Phi) is 7.42. The monoisotopic (exact) mass is 504 g/mol. The summed E-state index contributed by atoms with van der Waals surface area (Å²) in [6.07, 6.45) is 6.13. The first-order valence-electron chi connectivity index (χ1n) is 12.6. The molecule has 0 radical (unpaired) electrons. The van der Waals surface area contributed by atoms with Crippen molar-refractivity contribution in [2.45, 2.75) is 50.0 Å². The van der Waals surface area contributed by atoms with Crippen molar-refractivity contribution in [1.82, 2.24) is 30.8 Å². The number of likely N-dealkylation sites (tertiary alicyclic amines) is 1. The highest BCUT2D eigenvalue weighted by molar-refractivity contribution is 5.94. The standard InChI is InChI=1S/C27H29FN6O3/c28-21-9-24(31-13-21)26(36)33-22-10-23(34(15-22)27(37)20-7-8-20)14-32-25(35)19-5-3-17(4-6-19)1-2-18-11-29-16-30-12-18/h3-6,11-12,16,20-24,31H,7-10,13-15H2,(H,32,35)(H,33,36)/t21-,22+,23+,24-/m0/s1. The molecule has 3 fully saturated rings. The molecule has 4 atom stereocenters. The second-order valence-electron chi connectivity index (χ2n) is 9.82. The highest BCUT2D eigenvalue weighted by Crippen LogP contribution is 2.33. The van der Waals surface area contributed by atoms with Gasteiger partial charge in [0, 0.05) is 61.5 Å². The van der Waals surface area contributed by atoms with E-state index >= 15 is 0 Å². The van der Waals surface area contributed by atoms with Crippen LogP contribution in [0.4, 0.5) is 4.39 Å². The molecule has 37 heavy (non-hydrogen) atoms. The predicted octanol–water partition coefficient (Wildman–Crippen LogP) is 0.802. The van der Waals surface area contributed by atoms with Gasteiger partial charge >= 0.3 is 0 Å². The van der Waals surface area contributed by atoms with Gasteiger partial charge in [-0.05, 0) is 43.5 Å². The highest BCUT2D eigenvalue weighted by atomic mass is 19.1. The minimum Gasteiger partial charge on any atom is -0.350 e. The van der Waals surface area contributed by atoms with Crippen molar-refractivity contribution in [2.24, 2.45) is 5.92 Å². The Morgan fingerprint density at radius 2 is 1.78 bits per heavy atom. The van der Waals surface area contributed by atoms with Crippen LogP contribution >= 0.6 is 0 Å². The first-order valence-corrected chi connectivity index (χ1v) is 12.6. The fraction of sp³-hybridized carbons (Fsp3) is 0.444. The maximum Gasteiger partial charge on any atom is 0.251 e. The molecule has 1 aromatic carbocycles. The van der Waals surface area contributed by atoms with Crippen molar-refractivity contribution >= 4 is 17.7 Å². The first kappa shape index (κ1) is 24.8. The van der Waals surface area contributed by atoms with Crippen LogP contribution in [0.2, 0.25) is 0 Å². The number of nitrogens with one attached hydrogen (secondary N) is 3. The molecule has 192 valence electrons. The van der Waals surface area contributed by atoms with Crippen LogP contribution in [0.25, 0.3) is 0 Å². The maximum atomic E-state index is 13.5. The molecule has 0 bridgehead atoms. The summed E-state index contributed by atoms with van der Waals surface area (Å²) in [5.41, 5.74) is 1.95. The third-order valence-electron chi connectivity index (χ3n) is 6.92. The number of rotatable bonds is 6. The minimum atomic E-state index is -1.02. The lowest BCUT2D eigenvalue weighted by molar-refractivity contribution is -0.133. The molecule has 2 saturated heterocycles. The van der Waals surface area contributed by atoms with E-state index in [1.54, 1.807) is 41.6 Å². The number of hydrogen-bond donors (Lipinski definition) is 3. The van der Waals surface area contributed by atoms with Gasteiger partial charge in [-0.2, -0.15) is 0 Å². The molecule has 0 unspecified atom stereocenters. The van der Waals surface area contributed by atoms with Crippen molar-refractivity contribution in [1.29, 1.82) is 0 Å². The predicted molar refractivity (Wildman–Crippen MR) is 133 cm³/mol. The largest absolute Gasteiger partial charge is 0.350 e. The normalized spacial score (nSPS) is 24.7. The maximum absolute atomic E-state index is 13.5. The third-order valence-corrected chi connectivity index (χ3v) is 6.92. The number of carbonyl (C=O) groups is 3. The van der Waals surface area contributed by atoms with E-state index in [4.69, 9.17) is 0 Å². The zero-order chi connectivity index (χ0) is 25.8. The van der Waals surface area contributed by atoms with Gasteiger partial charge in [-0.3, -0.25) is 14.4 Å². The zero-order valence-electron chi connectivity index (χ0n) is 20.3. The molecule has 1 aromatic heterocycles. The van der Waals surface area contributed by atoms with Gasteiger partial charge in [-0.25, -0.2) is 14.4 Å². The molecule has 10 heteroatoms. The Morgan fingerprint density at radius 1 is 1.05 bits per heavy atom. The van der Waals surface area contributed by atoms with E-state index in [2.05, 4.69) is 37.8 Å². The molecular weight excluding hydrogens is 475 g/mol. The smallest absolute Gasteiger partial charge is 0.251 e. The van der Waals surface area contributed by atoms with Crippen molar-refractivity contribution in [2.75, 3.05) is 19.6 Å². The Balaban J connectivity index is 1.17. The lowest BCUT2D eigenvalue weighted by Crippen LogP contribution is -2.46. The molecule has 1 saturated carbocycles.